The fraction of sp³-hybridized carbons (Fsp3) is 0.222. The van der Waals surface area contributed by atoms with Crippen LogP contribution in [0, 0.1) is 0 Å². The molecule has 6 heteroatoms. The van der Waals surface area contributed by atoms with Gasteiger partial charge in [-0.15, -0.1) is 0 Å². The predicted octanol–water partition coefficient (Wildman–Crippen LogP) is 0.779. The van der Waals surface area contributed by atoms with Crippen molar-refractivity contribution in [3.05, 3.63) is 29.8 Å². The molecule has 0 saturated carbocycles. The first kappa shape index (κ1) is 9.75. The van der Waals surface area contributed by atoms with Gasteiger partial charge in [-0.25, -0.2) is 4.79 Å². The molecular weight excluding hydrogens is 202 g/mol. The molecular formula is C9H9NO5. The average Bonchev–Trinajstić information content (AvgIpc) is 2.39. The van der Waals surface area contributed by atoms with Crippen LogP contribution in [0.2, 0.25) is 0 Å². The van der Waals surface area contributed by atoms with Crippen LogP contribution in [0.15, 0.2) is 24.3 Å². The van der Waals surface area contributed by atoms with E-state index in [-0.39, 0.29) is 6.42 Å². The molecule has 0 aromatic heterocycles. The minimum Gasteiger partial charge on any atom is -0.450 e. The molecule has 0 saturated heterocycles. The Kier molecular flexibility index (Phi) is 2.02. The Morgan fingerprint density at radius 1 is 1.47 bits per heavy atom. The van der Waals surface area contributed by atoms with Gasteiger partial charge in [0.15, 0.2) is 0 Å². The summed E-state index contributed by atoms with van der Waals surface area (Å²) in [4.78, 5) is 10.3. The molecule has 2 rings (SSSR count). The predicted molar refractivity (Wildman–Crippen MR) is 48.5 cm³/mol. The number of benzene rings is 1. The molecule has 15 heavy (non-hydrogen) atoms. The second-order valence-corrected chi connectivity index (χ2v) is 3.23. The van der Waals surface area contributed by atoms with Gasteiger partial charge in [0.05, 0.1) is 12.1 Å². The van der Waals surface area contributed by atoms with Crippen LogP contribution in [0.25, 0.3) is 0 Å². The first-order chi connectivity index (χ1) is 7.03. The van der Waals surface area contributed by atoms with Crippen molar-refractivity contribution in [3.8, 4) is 0 Å². The van der Waals surface area contributed by atoms with Gasteiger partial charge in [0, 0.05) is 0 Å². The fourth-order valence-electron chi connectivity index (χ4n) is 1.60. The third-order valence-electron chi connectivity index (χ3n) is 2.22. The molecule has 0 aliphatic carbocycles. The van der Waals surface area contributed by atoms with E-state index in [1.807, 2.05) is 0 Å². The highest BCUT2D eigenvalue weighted by Crippen LogP contribution is 2.36. The summed E-state index contributed by atoms with van der Waals surface area (Å²) in [7, 11) is 0. The quantitative estimate of drug-likeness (QED) is 0.469. The number of fused-ring (bicyclic) bond motifs is 1. The van der Waals surface area contributed by atoms with Crippen molar-refractivity contribution < 1.29 is 25.0 Å². The normalized spacial score (nSPS) is 23.7. The zero-order valence-electron chi connectivity index (χ0n) is 7.62. The molecule has 3 N–H and O–H groups in total. The van der Waals surface area contributed by atoms with Crippen molar-refractivity contribution in [2.24, 2.45) is 0 Å². The Morgan fingerprint density at radius 3 is 2.73 bits per heavy atom. The maximum atomic E-state index is 10.3. The topological polar surface area (TPSA) is 90.2 Å². The number of hydroxylamine groups is 1. The third-order valence-corrected chi connectivity index (χ3v) is 2.22. The standard InChI is InChI=1S/C9H9NO5/c11-8(12)15-9(13)5-6-3-1-2-4-7(6)10(9)14/h1-4,13-14H,5H2,(H,11,12). The van der Waals surface area contributed by atoms with Gasteiger partial charge in [0.25, 0.3) is 0 Å². The van der Waals surface area contributed by atoms with Crippen LogP contribution in [-0.4, -0.2) is 27.5 Å². The minimum absolute atomic E-state index is 0.105. The average molecular weight is 211 g/mol. The molecule has 0 bridgehead atoms. The smallest absolute Gasteiger partial charge is 0.450 e. The summed E-state index contributed by atoms with van der Waals surface area (Å²) in [6.45, 7) is 0. The molecule has 1 aromatic rings. The van der Waals surface area contributed by atoms with Gasteiger partial charge in [-0.05, 0) is 11.6 Å². The number of hydrogen-bond donors (Lipinski definition) is 3. The number of hydrogen-bond acceptors (Lipinski definition) is 5. The molecule has 1 atom stereocenters. The molecule has 1 unspecified atom stereocenters. The summed E-state index contributed by atoms with van der Waals surface area (Å²) in [5.41, 5.74) is 0.949. The van der Waals surface area contributed by atoms with Crippen LogP contribution in [0.5, 0.6) is 0 Å². The molecule has 0 radical (unpaired) electrons. The van der Waals surface area contributed by atoms with E-state index in [2.05, 4.69) is 4.74 Å². The zero-order valence-corrected chi connectivity index (χ0v) is 7.62. The summed E-state index contributed by atoms with van der Waals surface area (Å²) >= 11 is 0. The SMILES string of the molecule is O=C(O)OC1(O)Cc2ccccc2N1O. The van der Waals surface area contributed by atoms with E-state index in [1.54, 1.807) is 24.3 Å². The van der Waals surface area contributed by atoms with Crippen molar-refractivity contribution in [2.45, 2.75) is 12.3 Å². The van der Waals surface area contributed by atoms with Gasteiger partial charge >= 0.3 is 12.1 Å². The minimum atomic E-state index is -2.23. The highest BCUT2D eigenvalue weighted by Gasteiger charge is 2.46. The Morgan fingerprint density at radius 2 is 2.13 bits per heavy atom. The van der Waals surface area contributed by atoms with Crippen molar-refractivity contribution in [2.75, 3.05) is 5.06 Å². The number of carboxylic acid groups (broad SMARTS) is 1. The van der Waals surface area contributed by atoms with Crippen LogP contribution in [-0.2, 0) is 11.2 Å². The highest BCUT2D eigenvalue weighted by atomic mass is 16.8. The van der Waals surface area contributed by atoms with Gasteiger partial charge in [-0.3, -0.25) is 5.21 Å². The van der Waals surface area contributed by atoms with Gasteiger partial charge in [-0.1, -0.05) is 18.2 Å². The van der Waals surface area contributed by atoms with E-state index >= 15 is 0 Å². The van der Waals surface area contributed by atoms with Crippen LogP contribution in [0.3, 0.4) is 0 Å². The van der Waals surface area contributed by atoms with Gasteiger partial charge in [-0.2, -0.15) is 5.06 Å². The maximum Gasteiger partial charge on any atom is 0.509 e. The Labute approximate surface area is 84.9 Å². The number of para-hydroxylation sites is 1. The lowest BCUT2D eigenvalue weighted by molar-refractivity contribution is -0.201. The Balaban J connectivity index is 2.33. The third kappa shape index (κ3) is 1.49. The molecule has 1 aromatic carbocycles. The number of anilines is 1. The lowest BCUT2D eigenvalue weighted by Gasteiger charge is -2.27. The van der Waals surface area contributed by atoms with Crippen LogP contribution in [0.1, 0.15) is 5.56 Å². The number of carbonyl (C=O) groups is 1. The monoisotopic (exact) mass is 211 g/mol. The van der Waals surface area contributed by atoms with Crippen molar-refractivity contribution >= 4 is 11.8 Å². The number of rotatable bonds is 1. The lowest BCUT2D eigenvalue weighted by Crippen LogP contribution is -2.48. The van der Waals surface area contributed by atoms with Crippen molar-refractivity contribution in [3.63, 3.8) is 0 Å². The summed E-state index contributed by atoms with van der Waals surface area (Å²) in [6.07, 6.45) is -1.75. The highest BCUT2D eigenvalue weighted by molar-refractivity contribution is 5.62. The number of aliphatic hydroxyl groups is 1. The first-order valence-corrected chi connectivity index (χ1v) is 4.24. The first-order valence-electron chi connectivity index (χ1n) is 4.24. The summed E-state index contributed by atoms with van der Waals surface area (Å²) in [5, 5.41) is 28.1. The van der Waals surface area contributed by atoms with E-state index in [0.29, 0.717) is 16.3 Å². The zero-order chi connectivity index (χ0) is 11.1. The van der Waals surface area contributed by atoms with Gasteiger partial charge in [0.1, 0.15) is 0 Å². The van der Waals surface area contributed by atoms with Gasteiger partial charge in [0.2, 0.25) is 0 Å². The van der Waals surface area contributed by atoms with E-state index in [1.165, 1.54) is 0 Å². The largest absolute Gasteiger partial charge is 0.509 e. The molecule has 1 heterocycles. The van der Waals surface area contributed by atoms with Crippen molar-refractivity contribution in [1.82, 2.24) is 0 Å². The molecule has 0 amide bonds. The summed E-state index contributed by atoms with van der Waals surface area (Å²) in [5.74, 6) is -2.23. The molecule has 80 valence electrons. The number of nitrogens with zero attached hydrogens (tertiary/aromatic N) is 1. The molecule has 0 fully saturated rings. The van der Waals surface area contributed by atoms with E-state index in [0.717, 1.165) is 0 Å². The fourth-order valence-corrected chi connectivity index (χ4v) is 1.60. The summed E-state index contributed by atoms with van der Waals surface area (Å²) in [6, 6.07) is 6.61. The van der Waals surface area contributed by atoms with Crippen LogP contribution < -0.4 is 5.06 Å². The summed E-state index contributed by atoms with van der Waals surface area (Å²) < 4.78 is 4.24. The van der Waals surface area contributed by atoms with Gasteiger partial charge < -0.3 is 14.9 Å². The lowest BCUT2D eigenvalue weighted by atomic mass is 10.1. The molecule has 1 aliphatic heterocycles. The second-order valence-electron chi connectivity index (χ2n) is 3.23. The van der Waals surface area contributed by atoms with E-state index in [4.69, 9.17) is 5.11 Å². The number of ether oxygens (including phenoxy) is 1. The Bertz CT molecular complexity index is 407. The van der Waals surface area contributed by atoms with Crippen LogP contribution in [0.4, 0.5) is 10.5 Å². The second kappa shape index (κ2) is 3.11. The molecule has 6 nitrogen and oxygen atoms in total. The van der Waals surface area contributed by atoms with Crippen molar-refractivity contribution in [1.29, 1.82) is 0 Å². The molecule has 1 aliphatic rings. The van der Waals surface area contributed by atoms with Crippen LogP contribution >= 0.6 is 0 Å². The van der Waals surface area contributed by atoms with E-state index < -0.39 is 12.1 Å². The maximum absolute atomic E-state index is 10.3. The Hall–Kier alpha value is -1.79. The molecule has 0 spiro atoms. The van der Waals surface area contributed by atoms with E-state index in [9.17, 15) is 15.1 Å².